The first-order valence-electron chi connectivity index (χ1n) is 7.32. The summed E-state index contributed by atoms with van der Waals surface area (Å²) >= 11 is 5.81. The monoisotopic (exact) mass is 386 g/mol. The third-order valence-electron chi connectivity index (χ3n) is 3.29. The van der Waals surface area contributed by atoms with Crippen molar-refractivity contribution in [1.29, 1.82) is 0 Å². The van der Waals surface area contributed by atoms with Gasteiger partial charge in [0.2, 0.25) is 0 Å². The molecule has 26 heavy (non-hydrogen) atoms. The fourth-order valence-electron chi connectivity index (χ4n) is 1.96. The number of carbonyl (C=O) groups excluding carboxylic acids is 2. The summed E-state index contributed by atoms with van der Waals surface area (Å²) in [6.07, 6.45) is -4.49. The largest absolute Gasteiger partial charge is 0.483 e. The number of amides is 2. The average Bonchev–Trinajstić information content (AvgIpc) is 2.58. The molecule has 0 heterocycles. The van der Waals surface area contributed by atoms with Gasteiger partial charge in [0.15, 0.2) is 6.61 Å². The van der Waals surface area contributed by atoms with E-state index in [0.717, 1.165) is 29.8 Å². The molecule has 2 N–H and O–H groups in total. The first-order chi connectivity index (χ1) is 12.2. The lowest BCUT2D eigenvalue weighted by Gasteiger charge is -2.11. The summed E-state index contributed by atoms with van der Waals surface area (Å²) in [5, 5.41) is 0.531. The van der Waals surface area contributed by atoms with E-state index < -0.39 is 23.6 Å². The van der Waals surface area contributed by atoms with Crippen molar-refractivity contribution in [1.82, 2.24) is 10.9 Å². The summed E-state index contributed by atoms with van der Waals surface area (Å²) < 4.78 is 42.7. The highest BCUT2D eigenvalue weighted by Crippen LogP contribution is 2.29. The molecular formula is C17H14ClF3N2O3. The number of aryl methyl sites for hydroxylation is 1. The van der Waals surface area contributed by atoms with Gasteiger partial charge >= 0.3 is 6.18 Å². The van der Waals surface area contributed by atoms with Crippen LogP contribution in [0.4, 0.5) is 13.2 Å². The van der Waals surface area contributed by atoms with Crippen LogP contribution in [0.5, 0.6) is 5.75 Å². The summed E-state index contributed by atoms with van der Waals surface area (Å²) in [5.41, 5.74) is 4.04. The highest BCUT2D eigenvalue weighted by molar-refractivity contribution is 6.30. The van der Waals surface area contributed by atoms with Gasteiger partial charge < -0.3 is 4.74 Å². The summed E-state index contributed by atoms with van der Waals surface area (Å²) in [7, 11) is 0. The Hall–Kier alpha value is -2.74. The summed E-state index contributed by atoms with van der Waals surface area (Å²) in [6, 6.07) is 8.46. The van der Waals surface area contributed by atoms with Crippen LogP contribution in [-0.2, 0) is 11.0 Å². The minimum atomic E-state index is -4.49. The van der Waals surface area contributed by atoms with Crippen molar-refractivity contribution in [2.24, 2.45) is 0 Å². The smallest absolute Gasteiger partial charge is 0.416 e. The van der Waals surface area contributed by atoms with Gasteiger partial charge in [-0.2, -0.15) is 13.2 Å². The Morgan fingerprint density at radius 2 is 1.73 bits per heavy atom. The van der Waals surface area contributed by atoms with Crippen molar-refractivity contribution in [3.05, 3.63) is 64.2 Å². The van der Waals surface area contributed by atoms with Gasteiger partial charge in [-0.3, -0.25) is 20.4 Å². The van der Waals surface area contributed by atoms with Crippen LogP contribution in [0.25, 0.3) is 0 Å². The number of alkyl halides is 3. The SMILES string of the molecule is Cc1cc(Cl)ccc1OCC(=O)NNC(=O)c1ccc(C(F)(F)F)cc1. The molecule has 0 atom stereocenters. The van der Waals surface area contributed by atoms with Crippen LogP contribution in [0.15, 0.2) is 42.5 Å². The number of carbonyl (C=O) groups is 2. The zero-order chi connectivity index (χ0) is 19.3. The lowest BCUT2D eigenvalue weighted by molar-refractivity contribution is -0.137. The molecule has 0 bridgehead atoms. The minimum Gasteiger partial charge on any atom is -0.483 e. The molecule has 138 valence electrons. The zero-order valence-corrected chi connectivity index (χ0v) is 14.2. The second-order valence-corrected chi connectivity index (χ2v) is 5.71. The van der Waals surface area contributed by atoms with Gasteiger partial charge in [0, 0.05) is 10.6 Å². The van der Waals surface area contributed by atoms with Crippen molar-refractivity contribution in [2.45, 2.75) is 13.1 Å². The van der Waals surface area contributed by atoms with E-state index in [-0.39, 0.29) is 12.2 Å². The van der Waals surface area contributed by atoms with Gasteiger partial charge in [0.1, 0.15) is 5.75 Å². The van der Waals surface area contributed by atoms with E-state index in [4.69, 9.17) is 16.3 Å². The van der Waals surface area contributed by atoms with Gasteiger partial charge in [0.25, 0.3) is 11.8 Å². The Balaban J connectivity index is 1.84. The molecule has 5 nitrogen and oxygen atoms in total. The minimum absolute atomic E-state index is 0.0345. The van der Waals surface area contributed by atoms with E-state index in [1.165, 1.54) is 0 Å². The molecule has 0 aliphatic heterocycles. The van der Waals surface area contributed by atoms with Gasteiger partial charge in [-0.25, -0.2) is 0 Å². The highest BCUT2D eigenvalue weighted by Gasteiger charge is 2.30. The number of rotatable bonds is 4. The second-order valence-electron chi connectivity index (χ2n) is 5.28. The summed E-state index contributed by atoms with van der Waals surface area (Å²) in [4.78, 5) is 23.5. The third-order valence-corrected chi connectivity index (χ3v) is 3.52. The standard InChI is InChI=1S/C17H14ClF3N2O3/c1-10-8-13(18)6-7-14(10)26-9-15(24)22-23-16(25)11-2-4-12(5-3-11)17(19,20)21/h2-8H,9H2,1H3,(H,22,24)(H,23,25). The lowest BCUT2D eigenvalue weighted by Crippen LogP contribution is -2.43. The highest BCUT2D eigenvalue weighted by atomic mass is 35.5. The normalized spacial score (nSPS) is 11.0. The van der Waals surface area contributed by atoms with Crippen molar-refractivity contribution in [3.8, 4) is 5.75 Å². The number of benzene rings is 2. The van der Waals surface area contributed by atoms with Crippen LogP contribution < -0.4 is 15.6 Å². The topological polar surface area (TPSA) is 67.4 Å². The molecule has 2 aromatic rings. The van der Waals surface area contributed by atoms with Crippen molar-refractivity contribution in [3.63, 3.8) is 0 Å². The van der Waals surface area contributed by atoms with E-state index in [1.807, 2.05) is 0 Å². The maximum absolute atomic E-state index is 12.5. The first-order valence-corrected chi connectivity index (χ1v) is 7.70. The Kier molecular flexibility index (Phi) is 6.10. The van der Waals surface area contributed by atoms with Gasteiger partial charge in [0.05, 0.1) is 5.56 Å². The number of nitrogens with one attached hydrogen (secondary N) is 2. The summed E-state index contributed by atoms with van der Waals surface area (Å²) in [5.74, 6) is -0.937. The Labute approximate surface area is 152 Å². The van der Waals surface area contributed by atoms with E-state index in [9.17, 15) is 22.8 Å². The van der Waals surface area contributed by atoms with E-state index in [0.29, 0.717) is 10.8 Å². The molecule has 0 saturated carbocycles. The molecule has 0 fully saturated rings. The lowest BCUT2D eigenvalue weighted by atomic mass is 10.1. The molecule has 0 radical (unpaired) electrons. The molecule has 0 unspecified atom stereocenters. The predicted octanol–water partition coefficient (Wildman–Crippen LogP) is 3.51. The molecule has 9 heteroatoms. The molecule has 0 aromatic heterocycles. The second kappa shape index (κ2) is 8.09. The maximum Gasteiger partial charge on any atom is 0.416 e. The molecule has 0 aliphatic rings. The van der Waals surface area contributed by atoms with Crippen molar-refractivity contribution in [2.75, 3.05) is 6.61 Å². The quantitative estimate of drug-likeness (QED) is 0.790. The van der Waals surface area contributed by atoms with E-state index in [1.54, 1.807) is 25.1 Å². The van der Waals surface area contributed by atoms with Crippen molar-refractivity contribution >= 4 is 23.4 Å². The number of ether oxygens (including phenoxy) is 1. The number of hydrogen-bond acceptors (Lipinski definition) is 3. The molecule has 2 rings (SSSR count). The number of halogens is 4. The molecule has 0 saturated heterocycles. The van der Waals surface area contributed by atoms with E-state index >= 15 is 0 Å². The zero-order valence-electron chi connectivity index (χ0n) is 13.5. The number of hydrogen-bond donors (Lipinski definition) is 2. The van der Waals surface area contributed by atoms with Crippen LogP contribution in [0.2, 0.25) is 5.02 Å². The van der Waals surface area contributed by atoms with Crippen LogP contribution in [0.1, 0.15) is 21.5 Å². The fourth-order valence-corrected chi connectivity index (χ4v) is 2.19. The summed E-state index contributed by atoms with van der Waals surface area (Å²) in [6.45, 7) is 1.39. The Morgan fingerprint density at radius 1 is 1.08 bits per heavy atom. The van der Waals surface area contributed by atoms with Crippen LogP contribution >= 0.6 is 11.6 Å². The Morgan fingerprint density at radius 3 is 2.31 bits per heavy atom. The van der Waals surface area contributed by atoms with Crippen molar-refractivity contribution < 1.29 is 27.5 Å². The molecule has 0 aliphatic carbocycles. The first kappa shape index (κ1) is 19.6. The fraction of sp³-hybridized carbons (Fsp3) is 0.176. The van der Waals surface area contributed by atoms with Gasteiger partial charge in [-0.05, 0) is 55.0 Å². The van der Waals surface area contributed by atoms with Crippen LogP contribution in [0.3, 0.4) is 0 Å². The predicted molar refractivity (Wildman–Crippen MR) is 88.7 cm³/mol. The molecule has 2 amide bonds. The maximum atomic E-state index is 12.5. The number of hydrazine groups is 1. The third kappa shape index (κ3) is 5.38. The molecular weight excluding hydrogens is 373 g/mol. The van der Waals surface area contributed by atoms with Gasteiger partial charge in [-0.15, -0.1) is 0 Å². The average molecular weight is 387 g/mol. The molecule has 0 spiro atoms. The molecule has 2 aromatic carbocycles. The van der Waals surface area contributed by atoms with Crippen LogP contribution in [0, 0.1) is 6.92 Å². The van der Waals surface area contributed by atoms with E-state index in [2.05, 4.69) is 10.9 Å². The van der Waals surface area contributed by atoms with Gasteiger partial charge in [-0.1, -0.05) is 11.6 Å². The van der Waals surface area contributed by atoms with Crippen LogP contribution in [-0.4, -0.2) is 18.4 Å². The Bertz CT molecular complexity index is 808.